The summed E-state index contributed by atoms with van der Waals surface area (Å²) in [4.78, 5) is 23.0. The van der Waals surface area contributed by atoms with Gasteiger partial charge in [-0.2, -0.15) is 10.2 Å². The number of imidazole rings is 2. The van der Waals surface area contributed by atoms with Crippen LogP contribution >= 0.6 is 47.2 Å². The molecule has 0 radical (unpaired) electrons. The monoisotopic (exact) mass is 924 g/mol. The van der Waals surface area contributed by atoms with Gasteiger partial charge in [0.15, 0.2) is 16.4 Å². The summed E-state index contributed by atoms with van der Waals surface area (Å²) in [5.41, 5.74) is 5.27. The molecule has 2 aliphatic heterocycles. The van der Waals surface area contributed by atoms with Crippen LogP contribution in [0.5, 0.6) is 0 Å². The first kappa shape index (κ1) is 45.4. The van der Waals surface area contributed by atoms with Gasteiger partial charge in [0.2, 0.25) is 0 Å². The Balaban J connectivity index is 0.000000156. The number of nitrogens with zero attached hydrogens (tertiary/aromatic N) is 10. The second kappa shape index (κ2) is 20.7. The number of halogens is 4. The van der Waals surface area contributed by atoms with Crippen molar-refractivity contribution in [3.05, 3.63) is 137 Å². The number of anilines is 6. The number of benzene rings is 2. The van der Waals surface area contributed by atoms with E-state index >= 15 is 0 Å². The van der Waals surface area contributed by atoms with Crippen molar-refractivity contribution in [2.24, 2.45) is 0 Å². The molecule has 63 heavy (non-hydrogen) atoms. The molecular formula is C44H45BCl4N12O2. The lowest BCUT2D eigenvalue weighted by Crippen LogP contribution is -2.29. The van der Waals surface area contributed by atoms with Crippen molar-refractivity contribution in [2.45, 2.75) is 51.6 Å². The highest BCUT2D eigenvalue weighted by Crippen LogP contribution is 2.30. The minimum absolute atomic E-state index is 0. The zero-order chi connectivity index (χ0) is 43.2. The van der Waals surface area contributed by atoms with E-state index in [1.807, 2.05) is 60.8 Å². The fourth-order valence-corrected chi connectivity index (χ4v) is 8.15. The molecule has 10 rings (SSSR count). The lowest BCUT2D eigenvalue weighted by Gasteiger charge is -2.23. The number of hydrogen-bond acceptors (Lipinski definition) is 12. The van der Waals surface area contributed by atoms with E-state index in [0.29, 0.717) is 32.7 Å². The summed E-state index contributed by atoms with van der Waals surface area (Å²) >= 11 is 17.8. The number of pyridine rings is 2. The lowest BCUT2D eigenvalue weighted by atomic mass is 9.81. The molecule has 14 nitrogen and oxygen atoms in total. The molecule has 8 heterocycles. The van der Waals surface area contributed by atoms with Crippen LogP contribution in [-0.2, 0) is 0 Å². The van der Waals surface area contributed by atoms with Crippen LogP contribution in [0.3, 0.4) is 0 Å². The first-order valence-corrected chi connectivity index (χ1v) is 21.4. The van der Waals surface area contributed by atoms with Crippen molar-refractivity contribution in [3.63, 3.8) is 0 Å². The highest BCUT2D eigenvalue weighted by molar-refractivity contribution is 6.59. The third-order valence-corrected chi connectivity index (χ3v) is 11.3. The summed E-state index contributed by atoms with van der Waals surface area (Å²) in [5.74, 6) is 3.56. The van der Waals surface area contributed by atoms with Crippen LogP contribution < -0.4 is 25.9 Å². The minimum Gasteiger partial charge on any atom is -0.423 e. The van der Waals surface area contributed by atoms with Gasteiger partial charge in [-0.1, -0.05) is 71.2 Å². The Bertz CT molecular complexity index is 2790. The van der Waals surface area contributed by atoms with E-state index in [-0.39, 0.29) is 12.4 Å². The molecule has 19 heteroatoms. The zero-order valence-corrected chi connectivity index (χ0v) is 37.5. The van der Waals surface area contributed by atoms with Crippen LogP contribution in [0.2, 0.25) is 15.2 Å². The number of nitrogens with one attached hydrogen (secondary N) is 2. The summed E-state index contributed by atoms with van der Waals surface area (Å²) in [5, 5.41) is 34.5. The van der Waals surface area contributed by atoms with Gasteiger partial charge in [0.05, 0.1) is 17.1 Å². The van der Waals surface area contributed by atoms with Crippen LogP contribution in [-0.4, -0.2) is 81.5 Å². The highest BCUT2D eigenvalue weighted by atomic mass is 35.5. The minimum atomic E-state index is -1.43. The molecule has 4 N–H and O–H groups in total. The van der Waals surface area contributed by atoms with Crippen LogP contribution in [0, 0.1) is 0 Å². The van der Waals surface area contributed by atoms with E-state index in [0.717, 1.165) is 70.3 Å². The first-order valence-electron chi connectivity index (χ1n) is 20.3. The van der Waals surface area contributed by atoms with E-state index in [1.165, 1.54) is 31.7 Å². The third kappa shape index (κ3) is 11.1. The third-order valence-electron chi connectivity index (χ3n) is 10.6. The van der Waals surface area contributed by atoms with Gasteiger partial charge >= 0.3 is 7.12 Å². The Labute approximate surface area is 386 Å². The molecule has 0 spiro atoms. The van der Waals surface area contributed by atoms with Gasteiger partial charge in [-0.3, -0.25) is 0 Å². The zero-order valence-electron chi connectivity index (χ0n) is 34.4. The van der Waals surface area contributed by atoms with Crippen LogP contribution in [0.15, 0.2) is 122 Å². The summed E-state index contributed by atoms with van der Waals surface area (Å²) in [6, 6.07) is 31.0. The molecule has 324 valence electrons. The van der Waals surface area contributed by atoms with E-state index in [2.05, 4.69) is 66.6 Å². The maximum atomic E-state index is 8.65. The second-order valence-corrected chi connectivity index (χ2v) is 16.3. The van der Waals surface area contributed by atoms with Crippen LogP contribution in [0.25, 0.3) is 22.6 Å². The molecule has 2 fully saturated rings. The van der Waals surface area contributed by atoms with Gasteiger partial charge in [0.1, 0.15) is 23.3 Å². The number of rotatable bonds is 8. The molecule has 6 aromatic heterocycles. The SMILES string of the molecule is C[C@H]1CCCN1c1cccc(Nc2cc(-c3cccc(Cl)c3)nn3ccnc23)n1.C[C@H]1CCCN1c1cccc(Nc2cc(Cl)nn3ccnc23)n1.Cl.OB(O)c1cccc(Cl)c1. The smallest absolute Gasteiger partial charge is 0.423 e. The molecule has 0 aliphatic carbocycles. The van der Waals surface area contributed by atoms with Crippen molar-refractivity contribution in [3.8, 4) is 11.3 Å². The first-order chi connectivity index (χ1) is 30.1. The van der Waals surface area contributed by atoms with Gasteiger partial charge in [-0.25, -0.2) is 29.0 Å². The number of hydrogen-bond donors (Lipinski definition) is 4. The Morgan fingerprint density at radius 2 is 1.16 bits per heavy atom. The van der Waals surface area contributed by atoms with Gasteiger partial charge in [-0.05, 0) is 99.6 Å². The maximum absolute atomic E-state index is 8.65. The van der Waals surface area contributed by atoms with Gasteiger partial charge in [-0.15, -0.1) is 12.4 Å². The predicted molar refractivity (Wildman–Crippen MR) is 257 cm³/mol. The average Bonchev–Trinajstić information content (AvgIpc) is 4.10. The van der Waals surface area contributed by atoms with Gasteiger partial charge < -0.3 is 30.5 Å². The molecule has 0 saturated carbocycles. The van der Waals surface area contributed by atoms with Crippen LogP contribution in [0.4, 0.5) is 34.6 Å². The Kier molecular flexibility index (Phi) is 14.9. The normalized spacial score (nSPS) is 15.6. The van der Waals surface area contributed by atoms with Crippen molar-refractivity contribution in [1.82, 2.24) is 39.2 Å². The van der Waals surface area contributed by atoms with E-state index < -0.39 is 7.12 Å². The summed E-state index contributed by atoms with van der Waals surface area (Å²) in [6.45, 7) is 6.61. The quantitative estimate of drug-likeness (QED) is 0.107. The van der Waals surface area contributed by atoms with E-state index in [4.69, 9.17) is 54.8 Å². The van der Waals surface area contributed by atoms with Crippen molar-refractivity contribution in [2.75, 3.05) is 33.5 Å². The molecule has 2 aromatic carbocycles. The Morgan fingerprint density at radius 1 is 0.635 bits per heavy atom. The molecular weight excluding hydrogens is 881 g/mol. The molecule has 0 amide bonds. The standard InChI is InChI=1S/C22H21ClN6.C16H17ClN6.C6H6BClO2.ClH/c1-15-5-4-11-28(15)21-9-3-8-20(26-21)25-19-14-18(16-6-2-7-17(23)13-16)27-29-12-10-24-22(19)29;1-11-4-3-8-22(11)15-6-2-5-14(20-15)19-12-10-13(17)21-23-9-7-18-16(12)23;8-6-3-1-2-5(4-6)7(9)10;/h2-3,6-10,12-15H,4-5,11H2,1H3,(H,25,26);2,5-7,9-11H,3-4,8H2,1H3,(H,19,20);1-4,9-10H;1H/t15-;11-;;/m00../s1. The highest BCUT2D eigenvalue weighted by Gasteiger charge is 2.23. The van der Waals surface area contributed by atoms with E-state index in [1.54, 1.807) is 51.9 Å². The second-order valence-electron chi connectivity index (χ2n) is 15.0. The lowest BCUT2D eigenvalue weighted by molar-refractivity contribution is 0.426. The van der Waals surface area contributed by atoms with Crippen molar-refractivity contribution >= 4 is 106 Å². The van der Waals surface area contributed by atoms with Crippen molar-refractivity contribution in [1.29, 1.82) is 0 Å². The number of aromatic nitrogens is 8. The fraction of sp³-hybridized carbons (Fsp3) is 0.227. The van der Waals surface area contributed by atoms with Crippen molar-refractivity contribution < 1.29 is 10.0 Å². The molecule has 2 saturated heterocycles. The fourth-order valence-electron chi connectivity index (χ4n) is 7.57. The maximum Gasteiger partial charge on any atom is 0.488 e. The average molecular weight is 927 g/mol. The molecule has 2 aliphatic rings. The van der Waals surface area contributed by atoms with Crippen LogP contribution in [0.1, 0.15) is 39.5 Å². The summed E-state index contributed by atoms with van der Waals surface area (Å²) in [6.07, 6.45) is 11.9. The summed E-state index contributed by atoms with van der Waals surface area (Å²) in [7, 11) is -1.43. The molecule has 8 aromatic rings. The molecule has 2 atom stereocenters. The molecule has 0 bridgehead atoms. The predicted octanol–water partition coefficient (Wildman–Crippen LogP) is 9.13. The Morgan fingerprint density at radius 3 is 1.67 bits per heavy atom. The summed E-state index contributed by atoms with van der Waals surface area (Å²) < 4.78 is 3.42. The van der Waals surface area contributed by atoms with Gasteiger partial charge in [0, 0.05) is 71.6 Å². The van der Waals surface area contributed by atoms with E-state index in [9.17, 15) is 0 Å². The largest absolute Gasteiger partial charge is 0.488 e. The molecule has 0 unspecified atom stereocenters. The van der Waals surface area contributed by atoms with Gasteiger partial charge in [0.25, 0.3) is 0 Å². The Hall–Kier alpha value is -5.68. The topological polar surface area (TPSA) is 157 Å². The number of fused-ring (bicyclic) bond motifs is 2.